The van der Waals surface area contributed by atoms with Gasteiger partial charge in [-0.1, -0.05) is 48.0 Å². The van der Waals surface area contributed by atoms with E-state index in [4.69, 9.17) is 11.6 Å². The van der Waals surface area contributed by atoms with Crippen molar-refractivity contribution in [2.45, 2.75) is 44.4 Å². The molecule has 1 aliphatic rings. The van der Waals surface area contributed by atoms with Crippen LogP contribution in [-0.2, 0) is 12.8 Å². The van der Waals surface area contributed by atoms with Crippen molar-refractivity contribution in [3.8, 4) is 0 Å². The van der Waals surface area contributed by atoms with E-state index in [0.717, 1.165) is 31.1 Å². The quantitative estimate of drug-likeness (QED) is 0.284. The maximum atomic E-state index is 15.1. The first-order valence-corrected chi connectivity index (χ1v) is 10.8. The highest BCUT2D eigenvalue weighted by Crippen LogP contribution is 2.37. The van der Waals surface area contributed by atoms with E-state index in [1.165, 1.54) is 17.7 Å². The standard InChI is InChI=1S/C26H24ClF3/c1-2-16-3-6-18(7-4-16)20-11-12-22-21(15-20)10-9-19(26(22)30)8-5-17-13-23(28)25(27)24(29)14-17/h2,9-16,18H,1,3-8H2. The summed E-state index contributed by atoms with van der Waals surface area (Å²) in [5, 5.41) is 0.970. The molecule has 1 fully saturated rings. The van der Waals surface area contributed by atoms with E-state index in [1.54, 1.807) is 6.07 Å². The van der Waals surface area contributed by atoms with Crippen molar-refractivity contribution in [1.82, 2.24) is 0 Å². The Labute approximate surface area is 180 Å². The SMILES string of the molecule is C=CC1CCC(c2ccc3c(F)c(CCc4cc(F)c(Cl)c(F)c4)ccc3c2)CC1. The summed E-state index contributed by atoms with van der Waals surface area (Å²) in [6.07, 6.45) is 7.33. The van der Waals surface area contributed by atoms with Gasteiger partial charge in [-0.05, 0) is 84.6 Å². The Hall–Kier alpha value is -2.26. The van der Waals surface area contributed by atoms with Crippen LogP contribution in [0.25, 0.3) is 10.8 Å². The van der Waals surface area contributed by atoms with Crippen LogP contribution in [0.1, 0.15) is 48.3 Å². The van der Waals surface area contributed by atoms with E-state index in [2.05, 4.69) is 18.7 Å². The fourth-order valence-corrected chi connectivity index (χ4v) is 4.63. The van der Waals surface area contributed by atoms with Crippen molar-refractivity contribution < 1.29 is 13.2 Å². The molecule has 156 valence electrons. The molecule has 0 spiro atoms. The fraction of sp³-hybridized carbons (Fsp3) is 0.308. The van der Waals surface area contributed by atoms with Gasteiger partial charge in [-0.15, -0.1) is 6.58 Å². The zero-order valence-electron chi connectivity index (χ0n) is 16.7. The Bertz CT molecular complexity index is 1060. The summed E-state index contributed by atoms with van der Waals surface area (Å²) in [6, 6.07) is 12.1. The maximum Gasteiger partial charge on any atom is 0.145 e. The van der Waals surface area contributed by atoms with Gasteiger partial charge in [-0.25, -0.2) is 13.2 Å². The molecule has 0 heterocycles. The zero-order valence-corrected chi connectivity index (χ0v) is 17.5. The van der Waals surface area contributed by atoms with Crippen molar-refractivity contribution in [2.24, 2.45) is 5.92 Å². The van der Waals surface area contributed by atoms with E-state index in [0.29, 0.717) is 41.2 Å². The first-order chi connectivity index (χ1) is 14.5. The smallest absolute Gasteiger partial charge is 0.145 e. The number of rotatable bonds is 5. The molecule has 0 amide bonds. The lowest BCUT2D eigenvalue weighted by atomic mass is 9.78. The Morgan fingerprint density at radius 1 is 0.900 bits per heavy atom. The predicted molar refractivity (Wildman–Crippen MR) is 118 cm³/mol. The first kappa shape index (κ1) is 21.0. The highest BCUT2D eigenvalue weighted by Gasteiger charge is 2.21. The normalized spacial score (nSPS) is 19.2. The molecule has 0 unspecified atom stereocenters. The Morgan fingerprint density at radius 2 is 1.60 bits per heavy atom. The summed E-state index contributed by atoms with van der Waals surface area (Å²) in [5.74, 6) is -0.711. The van der Waals surface area contributed by atoms with Crippen molar-refractivity contribution in [3.63, 3.8) is 0 Å². The van der Waals surface area contributed by atoms with E-state index in [9.17, 15) is 8.78 Å². The zero-order chi connectivity index (χ0) is 21.3. The topological polar surface area (TPSA) is 0 Å². The third kappa shape index (κ3) is 4.27. The predicted octanol–water partition coefficient (Wildman–Crippen LogP) is 8.16. The van der Waals surface area contributed by atoms with Crippen molar-refractivity contribution >= 4 is 22.4 Å². The number of allylic oxidation sites excluding steroid dienone is 1. The molecule has 0 N–H and O–H groups in total. The summed E-state index contributed by atoms with van der Waals surface area (Å²) >= 11 is 5.53. The van der Waals surface area contributed by atoms with E-state index >= 15 is 4.39 Å². The monoisotopic (exact) mass is 428 g/mol. The molecule has 0 nitrogen and oxygen atoms in total. The minimum Gasteiger partial charge on any atom is -0.206 e. The largest absolute Gasteiger partial charge is 0.206 e. The minimum atomic E-state index is -0.791. The van der Waals surface area contributed by atoms with Gasteiger partial charge in [0.2, 0.25) is 0 Å². The van der Waals surface area contributed by atoms with Crippen molar-refractivity contribution in [3.05, 3.63) is 94.3 Å². The molecule has 3 aromatic carbocycles. The number of aryl methyl sites for hydroxylation is 2. The van der Waals surface area contributed by atoms with Crippen LogP contribution in [0.15, 0.2) is 55.1 Å². The van der Waals surface area contributed by atoms with Crippen LogP contribution in [0.4, 0.5) is 13.2 Å². The third-order valence-electron chi connectivity index (χ3n) is 6.36. The van der Waals surface area contributed by atoms with Crippen LogP contribution >= 0.6 is 11.6 Å². The molecule has 0 saturated heterocycles. The maximum absolute atomic E-state index is 15.1. The molecule has 3 aromatic rings. The Morgan fingerprint density at radius 3 is 2.27 bits per heavy atom. The lowest BCUT2D eigenvalue weighted by Gasteiger charge is -2.27. The fourth-order valence-electron chi connectivity index (χ4n) is 4.52. The molecule has 0 radical (unpaired) electrons. The molecule has 1 aliphatic carbocycles. The van der Waals surface area contributed by atoms with Gasteiger partial charge in [-0.3, -0.25) is 0 Å². The summed E-state index contributed by atoms with van der Waals surface area (Å²) < 4.78 is 42.4. The first-order valence-electron chi connectivity index (χ1n) is 10.4. The highest BCUT2D eigenvalue weighted by molar-refractivity contribution is 6.30. The van der Waals surface area contributed by atoms with Gasteiger partial charge in [0.05, 0.1) is 0 Å². The number of hydrogen-bond donors (Lipinski definition) is 0. The third-order valence-corrected chi connectivity index (χ3v) is 6.72. The molecular formula is C26H24ClF3. The van der Waals surface area contributed by atoms with Gasteiger partial charge in [0.15, 0.2) is 0 Å². The summed E-state index contributed by atoms with van der Waals surface area (Å²) in [7, 11) is 0. The van der Waals surface area contributed by atoms with Crippen molar-refractivity contribution in [1.29, 1.82) is 0 Å². The molecule has 1 saturated carbocycles. The van der Waals surface area contributed by atoms with Crippen molar-refractivity contribution in [2.75, 3.05) is 0 Å². The number of benzene rings is 3. The number of hydrogen-bond acceptors (Lipinski definition) is 0. The van der Waals surface area contributed by atoms with Gasteiger partial charge in [0.25, 0.3) is 0 Å². The van der Waals surface area contributed by atoms with Gasteiger partial charge < -0.3 is 0 Å². The summed E-state index contributed by atoms with van der Waals surface area (Å²) in [5.41, 5.74) is 2.26. The van der Waals surface area contributed by atoms with Crippen LogP contribution in [-0.4, -0.2) is 0 Å². The minimum absolute atomic E-state index is 0.260. The summed E-state index contributed by atoms with van der Waals surface area (Å²) in [6.45, 7) is 3.90. The van der Waals surface area contributed by atoms with Gasteiger partial charge in [0.1, 0.15) is 22.5 Å². The van der Waals surface area contributed by atoms with Crippen LogP contribution < -0.4 is 0 Å². The van der Waals surface area contributed by atoms with Crippen LogP contribution in [0.5, 0.6) is 0 Å². The van der Waals surface area contributed by atoms with E-state index in [-0.39, 0.29) is 5.82 Å². The molecular weight excluding hydrogens is 405 g/mol. The molecule has 0 atom stereocenters. The number of fused-ring (bicyclic) bond motifs is 1. The summed E-state index contributed by atoms with van der Waals surface area (Å²) in [4.78, 5) is 0. The van der Waals surface area contributed by atoms with Gasteiger partial charge in [0, 0.05) is 5.39 Å². The molecule has 0 aromatic heterocycles. The Kier molecular flexibility index (Phi) is 6.19. The highest BCUT2D eigenvalue weighted by atomic mass is 35.5. The van der Waals surface area contributed by atoms with E-state index in [1.807, 2.05) is 18.2 Å². The second-order valence-electron chi connectivity index (χ2n) is 8.24. The molecule has 4 heteroatoms. The average molecular weight is 429 g/mol. The number of halogens is 4. The molecule has 30 heavy (non-hydrogen) atoms. The van der Waals surface area contributed by atoms with Gasteiger partial charge in [-0.2, -0.15) is 0 Å². The van der Waals surface area contributed by atoms with E-state index < -0.39 is 16.7 Å². The lowest BCUT2D eigenvalue weighted by molar-refractivity contribution is 0.376. The second-order valence-corrected chi connectivity index (χ2v) is 8.62. The Balaban J connectivity index is 1.52. The molecule has 0 aliphatic heterocycles. The molecule has 4 rings (SSSR count). The average Bonchev–Trinajstić information content (AvgIpc) is 2.76. The van der Waals surface area contributed by atoms with Gasteiger partial charge >= 0.3 is 0 Å². The van der Waals surface area contributed by atoms with Crippen LogP contribution in [0, 0.1) is 23.4 Å². The lowest BCUT2D eigenvalue weighted by Crippen LogP contribution is -2.11. The molecule has 0 bridgehead atoms. The van der Waals surface area contributed by atoms with Crippen LogP contribution in [0.2, 0.25) is 5.02 Å². The van der Waals surface area contributed by atoms with Crippen LogP contribution in [0.3, 0.4) is 0 Å². The second kappa shape index (κ2) is 8.85.